The average molecular weight is 367 g/mol. The van der Waals surface area contributed by atoms with E-state index >= 15 is 0 Å². The molecule has 1 aromatic rings. The lowest BCUT2D eigenvalue weighted by Gasteiger charge is -2.26. The number of hydrogen-bond acceptors (Lipinski definition) is 2. The summed E-state index contributed by atoms with van der Waals surface area (Å²) in [5, 5.41) is 2.64. The predicted molar refractivity (Wildman–Crippen MR) is 92.7 cm³/mol. The topological polar surface area (TPSA) is 38.3 Å². The molecular formula is C16H22Cl3NO2. The summed E-state index contributed by atoms with van der Waals surface area (Å²) >= 11 is 17.7. The van der Waals surface area contributed by atoms with Crippen LogP contribution >= 0.6 is 34.8 Å². The van der Waals surface area contributed by atoms with Crippen LogP contribution in [0.5, 0.6) is 5.75 Å². The van der Waals surface area contributed by atoms with Crippen LogP contribution in [0.15, 0.2) is 30.3 Å². The molecule has 6 heteroatoms. The molecule has 0 fully saturated rings. The Hall–Kier alpha value is -0.640. The van der Waals surface area contributed by atoms with Gasteiger partial charge in [-0.15, -0.1) is 0 Å². The maximum absolute atomic E-state index is 12.0. The number of nitrogens with one attached hydrogen (secondary N) is 1. The van der Waals surface area contributed by atoms with Gasteiger partial charge in [0.15, 0.2) is 0 Å². The molecule has 0 aliphatic rings. The molecule has 0 heterocycles. The number of amides is 1. The molecule has 0 saturated carbocycles. The quantitative estimate of drug-likeness (QED) is 0.369. The van der Waals surface area contributed by atoms with Crippen molar-refractivity contribution in [1.82, 2.24) is 5.32 Å². The number of hydrogen-bond donors (Lipinski definition) is 1. The van der Waals surface area contributed by atoms with Crippen molar-refractivity contribution < 1.29 is 9.53 Å². The maximum atomic E-state index is 12.0. The van der Waals surface area contributed by atoms with Crippen LogP contribution < -0.4 is 10.1 Å². The van der Waals surface area contributed by atoms with E-state index in [9.17, 15) is 4.79 Å². The molecule has 0 bridgehead atoms. The highest BCUT2D eigenvalue weighted by atomic mass is 35.6. The third-order valence-corrected chi connectivity index (χ3v) is 3.69. The lowest BCUT2D eigenvalue weighted by molar-refractivity contribution is -0.123. The van der Waals surface area contributed by atoms with Crippen molar-refractivity contribution in [1.29, 1.82) is 0 Å². The van der Waals surface area contributed by atoms with Gasteiger partial charge < -0.3 is 10.1 Å². The average Bonchev–Trinajstić information content (AvgIpc) is 2.46. The molecule has 3 nitrogen and oxygen atoms in total. The van der Waals surface area contributed by atoms with Crippen molar-refractivity contribution >= 4 is 40.7 Å². The molecular weight excluding hydrogens is 345 g/mol. The Labute approximate surface area is 147 Å². The van der Waals surface area contributed by atoms with Gasteiger partial charge >= 0.3 is 0 Å². The highest BCUT2D eigenvalue weighted by molar-refractivity contribution is 6.68. The number of carbonyl (C=O) groups is 1. The minimum atomic E-state index is -1.74. The Morgan fingerprint density at radius 2 is 1.77 bits per heavy atom. The van der Waals surface area contributed by atoms with Crippen molar-refractivity contribution in [3.05, 3.63) is 30.3 Å². The van der Waals surface area contributed by atoms with Crippen LogP contribution in [0.3, 0.4) is 0 Å². The molecule has 0 aliphatic carbocycles. The molecule has 1 unspecified atom stereocenters. The summed E-state index contributed by atoms with van der Waals surface area (Å²) in [6.45, 7) is 2.15. The van der Waals surface area contributed by atoms with Crippen molar-refractivity contribution in [2.75, 3.05) is 0 Å². The van der Waals surface area contributed by atoms with Gasteiger partial charge in [-0.05, 0) is 18.6 Å². The minimum Gasteiger partial charge on any atom is -0.466 e. The molecule has 0 aliphatic heterocycles. The van der Waals surface area contributed by atoms with Gasteiger partial charge in [-0.1, -0.05) is 85.6 Å². The Bertz CT molecular complexity index is 435. The van der Waals surface area contributed by atoms with Gasteiger partial charge in [-0.25, -0.2) is 0 Å². The molecule has 1 amide bonds. The lowest BCUT2D eigenvalue weighted by Crippen LogP contribution is -2.47. The van der Waals surface area contributed by atoms with Gasteiger partial charge in [0.25, 0.3) is 0 Å². The first-order valence-corrected chi connectivity index (χ1v) is 8.64. The number of halogens is 3. The third-order valence-electron chi connectivity index (χ3n) is 3.09. The molecule has 1 aromatic carbocycles. The fraction of sp³-hybridized carbons (Fsp3) is 0.562. The first-order chi connectivity index (χ1) is 10.4. The number of benzene rings is 1. The molecule has 0 spiro atoms. The molecule has 1 N–H and O–H groups in total. The molecule has 0 aromatic heterocycles. The minimum absolute atomic E-state index is 0.177. The highest BCUT2D eigenvalue weighted by Gasteiger charge is 2.36. The fourth-order valence-electron chi connectivity index (χ4n) is 1.92. The molecule has 124 valence electrons. The summed E-state index contributed by atoms with van der Waals surface area (Å²) in [6.07, 6.45) is 4.73. The van der Waals surface area contributed by atoms with Crippen LogP contribution in [-0.4, -0.2) is 15.9 Å². The monoisotopic (exact) mass is 365 g/mol. The van der Waals surface area contributed by atoms with Gasteiger partial charge in [0.2, 0.25) is 15.9 Å². The Morgan fingerprint density at radius 1 is 1.14 bits per heavy atom. The predicted octanol–water partition coefficient (Wildman–Crippen LogP) is 5.24. The lowest BCUT2D eigenvalue weighted by atomic mass is 10.1. The van der Waals surface area contributed by atoms with E-state index in [0.717, 1.165) is 19.3 Å². The zero-order valence-electron chi connectivity index (χ0n) is 12.7. The summed E-state index contributed by atoms with van der Waals surface area (Å²) < 4.78 is 3.82. The summed E-state index contributed by atoms with van der Waals surface area (Å²) in [7, 11) is 0. The normalized spacial score (nSPS) is 12.7. The van der Waals surface area contributed by atoms with Gasteiger partial charge in [0.05, 0.1) is 0 Å². The van der Waals surface area contributed by atoms with Crippen molar-refractivity contribution in [3.63, 3.8) is 0 Å². The molecule has 0 saturated heterocycles. The SMILES string of the molecule is CCCCCCCC(=O)NC(Oc1ccccc1)C(Cl)(Cl)Cl. The second kappa shape index (κ2) is 10.2. The van der Waals surface area contributed by atoms with Crippen molar-refractivity contribution in [2.45, 2.75) is 55.5 Å². The van der Waals surface area contributed by atoms with E-state index in [1.54, 1.807) is 24.3 Å². The van der Waals surface area contributed by atoms with Crippen LogP contribution in [-0.2, 0) is 4.79 Å². The van der Waals surface area contributed by atoms with Crippen LogP contribution in [0.1, 0.15) is 45.4 Å². The number of unbranched alkanes of at least 4 members (excludes halogenated alkanes) is 4. The van der Waals surface area contributed by atoms with Gasteiger partial charge in [-0.2, -0.15) is 0 Å². The number of para-hydroxylation sites is 1. The highest BCUT2D eigenvalue weighted by Crippen LogP contribution is 2.32. The second-order valence-corrected chi connectivity index (χ2v) is 7.45. The third kappa shape index (κ3) is 8.11. The van der Waals surface area contributed by atoms with Crippen LogP contribution in [0, 0.1) is 0 Å². The smallest absolute Gasteiger partial charge is 0.246 e. The maximum Gasteiger partial charge on any atom is 0.246 e. The molecule has 0 radical (unpaired) electrons. The first-order valence-electron chi connectivity index (χ1n) is 7.51. The summed E-state index contributed by atoms with van der Waals surface area (Å²) in [5.41, 5.74) is 0. The summed E-state index contributed by atoms with van der Waals surface area (Å²) in [4.78, 5) is 12.0. The number of carbonyl (C=O) groups excluding carboxylic acids is 1. The van der Waals surface area contributed by atoms with Gasteiger partial charge in [-0.3, -0.25) is 4.79 Å². The standard InChI is InChI=1S/C16H22Cl3NO2/c1-2-3-4-5-9-12-14(21)20-15(16(17,18)19)22-13-10-7-6-8-11-13/h6-8,10-11,15H,2-5,9,12H2,1H3,(H,20,21). The molecule has 22 heavy (non-hydrogen) atoms. The summed E-state index contributed by atoms with van der Waals surface area (Å²) in [5.74, 6) is 0.353. The van der Waals surface area contributed by atoms with E-state index in [0.29, 0.717) is 12.2 Å². The van der Waals surface area contributed by atoms with Crippen molar-refractivity contribution in [3.8, 4) is 5.75 Å². The van der Waals surface area contributed by atoms with Gasteiger partial charge in [0.1, 0.15) is 5.75 Å². The largest absolute Gasteiger partial charge is 0.466 e. The zero-order valence-corrected chi connectivity index (χ0v) is 14.9. The van der Waals surface area contributed by atoms with Crippen LogP contribution in [0.25, 0.3) is 0 Å². The van der Waals surface area contributed by atoms with Gasteiger partial charge in [0, 0.05) is 6.42 Å². The van der Waals surface area contributed by atoms with Crippen LogP contribution in [0.2, 0.25) is 0 Å². The summed E-state index contributed by atoms with van der Waals surface area (Å²) in [6, 6.07) is 8.94. The Balaban J connectivity index is 2.46. The Kier molecular flexibility index (Phi) is 8.99. The van der Waals surface area contributed by atoms with E-state index in [-0.39, 0.29) is 5.91 Å². The number of alkyl halides is 3. The van der Waals surface area contributed by atoms with E-state index in [2.05, 4.69) is 12.2 Å². The Morgan fingerprint density at radius 3 is 2.36 bits per heavy atom. The molecule has 1 rings (SSSR count). The number of rotatable bonds is 9. The zero-order chi connectivity index (χ0) is 16.4. The van der Waals surface area contributed by atoms with E-state index in [4.69, 9.17) is 39.5 Å². The van der Waals surface area contributed by atoms with E-state index in [1.165, 1.54) is 12.8 Å². The fourth-order valence-corrected chi connectivity index (χ4v) is 2.22. The first kappa shape index (κ1) is 19.4. The second-order valence-electron chi connectivity index (χ2n) is 5.08. The molecule has 1 atom stereocenters. The number of ether oxygens (including phenoxy) is 1. The van der Waals surface area contributed by atoms with E-state index < -0.39 is 10.0 Å². The van der Waals surface area contributed by atoms with Crippen molar-refractivity contribution in [2.24, 2.45) is 0 Å². The van der Waals surface area contributed by atoms with E-state index in [1.807, 2.05) is 6.07 Å². The van der Waals surface area contributed by atoms with Crippen LogP contribution in [0.4, 0.5) is 0 Å².